The van der Waals surface area contributed by atoms with E-state index in [-0.39, 0.29) is 0 Å². The van der Waals surface area contributed by atoms with Crippen LogP contribution in [0.5, 0.6) is 17.2 Å². The zero-order valence-corrected chi connectivity index (χ0v) is 21.6. The molecule has 1 aliphatic rings. The Balaban J connectivity index is 1.34. The first kappa shape index (κ1) is 25.1. The summed E-state index contributed by atoms with van der Waals surface area (Å²) in [7, 11) is 0. The molecule has 0 saturated heterocycles. The van der Waals surface area contributed by atoms with E-state index in [1.54, 1.807) is 12.3 Å². The number of benzene rings is 3. The first-order valence-corrected chi connectivity index (χ1v) is 12.6. The molecule has 0 fully saturated rings. The fourth-order valence-electron chi connectivity index (χ4n) is 4.61. The highest BCUT2D eigenvalue weighted by Crippen LogP contribution is 2.36. The van der Waals surface area contributed by atoms with E-state index in [0.717, 1.165) is 45.0 Å². The van der Waals surface area contributed by atoms with Crippen molar-refractivity contribution >= 4 is 5.69 Å². The van der Waals surface area contributed by atoms with Crippen LogP contribution in [0.2, 0.25) is 0 Å². The van der Waals surface area contributed by atoms with Crippen molar-refractivity contribution in [2.75, 3.05) is 18.5 Å². The molecular formula is C31H30N4O3. The molecule has 0 saturated carbocycles. The Morgan fingerprint density at radius 3 is 2.66 bits per heavy atom. The molecular weight excluding hydrogens is 476 g/mol. The molecule has 0 aliphatic carbocycles. The summed E-state index contributed by atoms with van der Waals surface area (Å²) in [5.41, 5.74) is 15.0. The first-order valence-electron chi connectivity index (χ1n) is 12.6. The fourth-order valence-corrected chi connectivity index (χ4v) is 4.61. The lowest BCUT2D eigenvalue weighted by Gasteiger charge is -2.20. The smallest absolute Gasteiger partial charge is 0.161 e. The number of hydrogen-bond donors (Lipinski definition) is 2. The molecule has 0 radical (unpaired) electrons. The Hall–Kier alpha value is -4.54. The van der Waals surface area contributed by atoms with E-state index in [2.05, 4.69) is 66.6 Å². The largest absolute Gasteiger partial charge is 0.488 e. The van der Waals surface area contributed by atoms with E-state index < -0.39 is 0 Å². The van der Waals surface area contributed by atoms with E-state index >= 15 is 0 Å². The summed E-state index contributed by atoms with van der Waals surface area (Å²) in [5.74, 6) is 2.29. The van der Waals surface area contributed by atoms with E-state index in [1.807, 2.05) is 12.1 Å². The number of ether oxygens (including phenoxy) is 3. The molecule has 5 rings (SSSR count). The summed E-state index contributed by atoms with van der Waals surface area (Å²) in [4.78, 5) is 4.11. The molecule has 3 N–H and O–H groups in total. The molecule has 0 unspecified atom stereocenters. The second-order valence-electron chi connectivity index (χ2n) is 9.26. The minimum absolute atomic E-state index is 0.300. The number of fused-ring (bicyclic) bond motifs is 1. The van der Waals surface area contributed by atoms with Gasteiger partial charge in [-0.15, -0.1) is 0 Å². The topological polar surface area (TPSA) is 102 Å². The number of aromatic nitrogens is 1. The van der Waals surface area contributed by atoms with Crippen molar-refractivity contribution in [2.45, 2.75) is 33.5 Å². The van der Waals surface area contributed by atoms with Crippen molar-refractivity contribution in [1.29, 1.82) is 5.26 Å². The molecule has 0 amide bonds. The molecule has 38 heavy (non-hydrogen) atoms. The zero-order valence-electron chi connectivity index (χ0n) is 21.6. The number of rotatable bonds is 8. The normalized spacial score (nSPS) is 12.1. The summed E-state index contributed by atoms with van der Waals surface area (Å²) in [5, 5.41) is 12.7. The summed E-state index contributed by atoms with van der Waals surface area (Å²) in [6, 6.07) is 20.4. The average molecular weight is 507 g/mol. The summed E-state index contributed by atoms with van der Waals surface area (Å²) in [6.07, 6.45) is 3.24. The van der Waals surface area contributed by atoms with Crippen LogP contribution in [-0.4, -0.2) is 18.2 Å². The fraction of sp³-hybridized carbons (Fsp3) is 0.226. The van der Waals surface area contributed by atoms with Gasteiger partial charge in [0.1, 0.15) is 31.6 Å². The Kier molecular flexibility index (Phi) is 7.43. The molecule has 4 aromatic rings. The molecule has 1 aliphatic heterocycles. The quantitative estimate of drug-likeness (QED) is 0.318. The van der Waals surface area contributed by atoms with Gasteiger partial charge in [0.2, 0.25) is 0 Å². The van der Waals surface area contributed by atoms with Gasteiger partial charge in [0.15, 0.2) is 11.5 Å². The molecule has 7 heteroatoms. The van der Waals surface area contributed by atoms with Crippen LogP contribution in [0.4, 0.5) is 5.69 Å². The predicted molar refractivity (Wildman–Crippen MR) is 147 cm³/mol. The van der Waals surface area contributed by atoms with Gasteiger partial charge in [-0.05, 0) is 65.9 Å². The predicted octanol–water partition coefficient (Wildman–Crippen LogP) is 5.66. The summed E-state index contributed by atoms with van der Waals surface area (Å²) < 4.78 is 17.6. The third-order valence-electron chi connectivity index (χ3n) is 6.71. The van der Waals surface area contributed by atoms with Gasteiger partial charge in [-0.1, -0.05) is 24.3 Å². The van der Waals surface area contributed by atoms with Gasteiger partial charge < -0.3 is 25.3 Å². The molecule has 1 aromatic heterocycles. The summed E-state index contributed by atoms with van der Waals surface area (Å²) >= 11 is 0. The maximum atomic E-state index is 9.13. The number of hydrogen-bond acceptors (Lipinski definition) is 7. The van der Waals surface area contributed by atoms with Crippen LogP contribution in [0.3, 0.4) is 0 Å². The highest BCUT2D eigenvalue weighted by molar-refractivity contribution is 5.71. The van der Waals surface area contributed by atoms with Crippen LogP contribution in [0.1, 0.15) is 33.4 Å². The van der Waals surface area contributed by atoms with Crippen molar-refractivity contribution in [3.05, 3.63) is 100 Å². The number of pyridine rings is 1. The van der Waals surface area contributed by atoms with Gasteiger partial charge in [-0.25, -0.2) is 0 Å². The van der Waals surface area contributed by atoms with Crippen molar-refractivity contribution in [2.24, 2.45) is 5.73 Å². The molecule has 0 atom stereocenters. The maximum Gasteiger partial charge on any atom is 0.161 e. The minimum atomic E-state index is 0.300. The number of nitriles is 1. The van der Waals surface area contributed by atoms with E-state index in [9.17, 15) is 0 Å². The van der Waals surface area contributed by atoms with Gasteiger partial charge >= 0.3 is 0 Å². The molecule has 7 nitrogen and oxygen atoms in total. The highest BCUT2D eigenvalue weighted by atomic mass is 16.6. The van der Waals surface area contributed by atoms with Crippen molar-refractivity contribution in [3.8, 4) is 34.4 Å². The van der Waals surface area contributed by atoms with Crippen LogP contribution in [0.15, 0.2) is 67.0 Å². The third kappa shape index (κ3) is 5.41. The second kappa shape index (κ2) is 11.2. The minimum Gasteiger partial charge on any atom is -0.488 e. The zero-order chi connectivity index (χ0) is 26.5. The van der Waals surface area contributed by atoms with Crippen molar-refractivity contribution in [1.82, 2.24) is 4.98 Å². The first-order chi connectivity index (χ1) is 18.6. The number of nitrogens with zero attached hydrogens (tertiary/aromatic N) is 2. The lowest BCUT2D eigenvalue weighted by Crippen LogP contribution is -2.15. The van der Waals surface area contributed by atoms with E-state index in [1.165, 1.54) is 17.3 Å². The third-order valence-corrected chi connectivity index (χ3v) is 6.71. The number of aryl methyl sites for hydroxylation is 1. The Morgan fingerprint density at radius 2 is 1.84 bits per heavy atom. The Labute approximate surface area is 222 Å². The number of nitrogens with one attached hydrogen (secondary N) is 1. The van der Waals surface area contributed by atoms with Crippen LogP contribution >= 0.6 is 0 Å². The molecule has 3 aromatic carbocycles. The average Bonchev–Trinajstić information content (AvgIpc) is 2.96. The van der Waals surface area contributed by atoms with Crippen molar-refractivity contribution in [3.63, 3.8) is 0 Å². The molecule has 2 heterocycles. The van der Waals surface area contributed by atoms with E-state index in [4.69, 9.17) is 25.2 Å². The summed E-state index contributed by atoms with van der Waals surface area (Å²) in [6.45, 7) is 6.67. The van der Waals surface area contributed by atoms with Gasteiger partial charge in [0, 0.05) is 48.4 Å². The van der Waals surface area contributed by atoms with Gasteiger partial charge in [-0.3, -0.25) is 4.98 Å². The van der Waals surface area contributed by atoms with Crippen molar-refractivity contribution < 1.29 is 14.2 Å². The van der Waals surface area contributed by atoms with Gasteiger partial charge in [0.25, 0.3) is 0 Å². The lowest BCUT2D eigenvalue weighted by atomic mass is 9.96. The molecule has 0 spiro atoms. The van der Waals surface area contributed by atoms with Gasteiger partial charge in [-0.2, -0.15) is 5.26 Å². The lowest BCUT2D eigenvalue weighted by molar-refractivity contribution is 0.171. The van der Waals surface area contributed by atoms with Crippen LogP contribution in [-0.2, 0) is 19.7 Å². The molecule has 0 bridgehead atoms. The second-order valence-corrected chi connectivity index (χ2v) is 9.26. The molecule has 192 valence electrons. The van der Waals surface area contributed by atoms with Crippen LogP contribution in [0, 0.1) is 25.2 Å². The van der Waals surface area contributed by atoms with E-state index in [0.29, 0.717) is 44.2 Å². The van der Waals surface area contributed by atoms with Crippen LogP contribution < -0.4 is 25.3 Å². The SMILES string of the molecule is Cc1cc(CN)c(OCc2cncc(C#N)c2)cc1NCc1cccc(-c2ccc3c(c2)OCCO3)c1C. The Bertz CT molecular complexity index is 1510. The number of anilines is 1. The van der Waals surface area contributed by atoms with Crippen LogP contribution in [0.25, 0.3) is 11.1 Å². The van der Waals surface area contributed by atoms with Gasteiger partial charge in [0.05, 0.1) is 5.56 Å². The standard InChI is InChI=1S/C31H30N4O3/c1-20-10-26(15-33)30(38-19-23-11-22(14-32)16-34-17-23)13-28(20)35-18-25-4-3-5-27(21(25)2)24-6-7-29-31(12-24)37-9-8-36-29/h3-7,10-13,16-17,35H,8-9,15,18-19,33H2,1-2H3. The highest BCUT2D eigenvalue weighted by Gasteiger charge is 2.15. The Morgan fingerprint density at radius 1 is 1.00 bits per heavy atom. The monoisotopic (exact) mass is 506 g/mol. The number of nitrogens with two attached hydrogens (primary N) is 1. The maximum absolute atomic E-state index is 9.13.